The molecule has 13 heavy (non-hydrogen) atoms. The van der Waals surface area contributed by atoms with Crippen LogP contribution < -0.4 is 5.32 Å². The molecule has 0 aromatic carbocycles. The quantitative estimate of drug-likeness (QED) is 0.717. The number of aromatic nitrogens is 1. The fourth-order valence-electron chi connectivity index (χ4n) is 1.33. The van der Waals surface area contributed by atoms with Crippen molar-refractivity contribution in [1.82, 2.24) is 4.98 Å². The third-order valence-corrected chi connectivity index (χ3v) is 1.93. The molecule has 2 heteroatoms. The van der Waals surface area contributed by atoms with Gasteiger partial charge in [-0.25, -0.2) is 4.98 Å². The maximum atomic E-state index is 4.39. The Morgan fingerprint density at radius 2 is 2.08 bits per heavy atom. The SMILES string of the molecule is CCCCNc1cc(C)cc(C)n1. The largest absolute Gasteiger partial charge is 0.370 e. The second-order valence-corrected chi connectivity index (χ2v) is 3.45. The zero-order valence-electron chi connectivity index (χ0n) is 8.72. The number of rotatable bonds is 4. The van der Waals surface area contributed by atoms with E-state index >= 15 is 0 Å². The number of anilines is 1. The van der Waals surface area contributed by atoms with E-state index in [2.05, 4.69) is 36.3 Å². The van der Waals surface area contributed by atoms with E-state index in [0.717, 1.165) is 18.1 Å². The summed E-state index contributed by atoms with van der Waals surface area (Å²) in [6.07, 6.45) is 2.42. The second-order valence-electron chi connectivity index (χ2n) is 3.45. The van der Waals surface area contributed by atoms with E-state index in [1.807, 2.05) is 6.92 Å². The molecule has 1 rings (SSSR count). The van der Waals surface area contributed by atoms with Crippen LogP contribution in [-0.2, 0) is 0 Å². The Bertz CT molecular complexity index is 249. The van der Waals surface area contributed by atoms with Crippen molar-refractivity contribution in [2.45, 2.75) is 33.6 Å². The Morgan fingerprint density at radius 1 is 1.31 bits per heavy atom. The highest BCUT2D eigenvalue weighted by Gasteiger charge is 1.95. The molecule has 0 fully saturated rings. The molecule has 0 aliphatic rings. The molecular weight excluding hydrogens is 160 g/mol. The van der Waals surface area contributed by atoms with Crippen LogP contribution in [0.2, 0.25) is 0 Å². The van der Waals surface area contributed by atoms with E-state index in [1.54, 1.807) is 0 Å². The van der Waals surface area contributed by atoms with Gasteiger partial charge < -0.3 is 5.32 Å². The molecule has 0 radical (unpaired) electrons. The zero-order chi connectivity index (χ0) is 9.68. The van der Waals surface area contributed by atoms with Gasteiger partial charge in [-0.15, -0.1) is 0 Å². The van der Waals surface area contributed by atoms with E-state index in [0.29, 0.717) is 0 Å². The minimum Gasteiger partial charge on any atom is -0.370 e. The summed E-state index contributed by atoms with van der Waals surface area (Å²) in [7, 11) is 0. The van der Waals surface area contributed by atoms with Gasteiger partial charge in [0.15, 0.2) is 0 Å². The number of aryl methyl sites for hydroxylation is 2. The molecule has 1 aromatic heterocycles. The molecule has 0 unspecified atom stereocenters. The Labute approximate surface area is 80.4 Å². The van der Waals surface area contributed by atoms with Gasteiger partial charge in [0.25, 0.3) is 0 Å². The van der Waals surface area contributed by atoms with Crippen molar-refractivity contribution in [3.8, 4) is 0 Å². The summed E-state index contributed by atoms with van der Waals surface area (Å²) < 4.78 is 0. The van der Waals surface area contributed by atoms with Crippen molar-refractivity contribution in [3.05, 3.63) is 23.4 Å². The van der Waals surface area contributed by atoms with Crippen molar-refractivity contribution < 1.29 is 0 Å². The van der Waals surface area contributed by atoms with Gasteiger partial charge in [0, 0.05) is 12.2 Å². The van der Waals surface area contributed by atoms with Crippen LogP contribution in [0.3, 0.4) is 0 Å². The van der Waals surface area contributed by atoms with E-state index in [9.17, 15) is 0 Å². The number of hydrogen-bond acceptors (Lipinski definition) is 2. The van der Waals surface area contributed by atoms with Crippen LogP contribution in [0.4, 0.5) is 5.82 Å². The molecule has 72 valence electrons. The predicted octanol–water partition coefficient (Wildman–Crippen LogP) is 2.91. The minimum atomic E-state index is 1.01. The van der Waals surface area contributed by atoms with E-state index in [1.165, 1.54) is 18.4 Å². The van der Waals surface area contributed by atoms with Crippen LogP contribution in [0, 0.1) is 13.8 Å². The zero-order valence-corrected chi connectivity index (χ0v) is 8.72. The lowest BCUT2D eigenvalue weighted by molar-refractivity contribution is 0.830. The third kappa shape index (κ3) is 3.45. The Balaban J connectivity index is 2.56. The summed E-state index contributed by atoms with van der Waals surface area (Å²) in [6, 6.07) is 4.17. The number of nitrogens with zero attached hydrogens (tertiary/aromatic N) is 1. The molecular formula is C11H18N2. The number of pyridine rings is 1. The van der Waals surface area contributed by atoms with Gasteiger partial charge in [0.1, 0.15) is 5.82 Å². The van der Waals surface area contributed by atoms with Crippen LogP contribution in [0.5, 0.6) is 0 Å². The lowest BCUT2D eigenvalue weighted by atomic mass is 10.2. The predicted molar refractivity (Wildman–Crippen MR) is 57.1 cm³/mol. The normalized spacial score (nSPS) is 10.1. The Morgan fingerprint density at radius 3 is 2.69 bits per heavy atom. The topological polar surface area (TPSA) is 24.9 Å². The van der Waals surface area contributed by atoms with Crippen LogP contribution in [0.1, 0.15) is 31.0 Å². The maximum Gasteiger partial charge on any atom is 0.126 e. The highest BCUT2D eigenvalue weighted by Crippen LogP contribution is 2.08. The van der Waals surface area contributed by atoms with Crippen molar-refractivity contribution in [3.63, 3.8) is 0 Å². The Kier molecular flexibility index (Phi) is 3.74. The smallest absolute Gasteiger partial charge is 0.126 e. The molecule has 1 aromatic rings. The van der Waals surface area contributed by atoms with Crippen LogP contribution in [0.25, 0.3) is 0 Å². The lowest BCUT2D eigenvalue weighted by Crippen LogP contribution is -2.03. The molecule has 0 bridgehead atoms. The first-order valence-corrected chi connectivity index (χ1v) is 4.91. The van der Waals surface area contributed by atoms with Crippen molar-refractivity contribution >= 4 is 5.82 Å². The van der Waals surface area contributed by atoms with Crippen LogP contribution in [0.15, 0.2) is 12.1 Å². The molecule has 0 spiro atoms. The first-order chi connectivity index (χ1) is 6.22. The molecule has 2 nitrogen and oxygen atoms in total. The van der Waals surface area contributed by atoms with E-state index in [4.69, 9.17) is 0 Å². The van der Waals surface area contributed by atoms with Crippen molar-refractivity contribution in [2.75, 3.05) is 11.9 Å². The minimum absolute atomic E-state index is 1.01. The molecule has 0 atom stereocenters. The monoisotopic (exact) mass is 178 g/mol. The molecule has 1 heterocycles. The van der Waals surface area contributed by atoms with Gasteiger partial charge in [-0.05, 0) is 38.0 Å². The van der Waals surface area contributed by atoms with Gasteiger partial charge >= 0.3 is 0 Å². The van der Waals surface area contributed by atoms with Crippen LogP contribution >= 0.6 is 0 Å². The molecule has 0 saturated carbocycles. The summed E-state index contributed by atoms with van der Waals surface area (Å²) in [4.78, 5) is 4.39. The molecule has 0 amide bonds. The average Bonchev–Trinajstić information content (AvgIpc) is 2.03. The first kappa shape index (κ1) is 10.0. The molecule has 0 aliphatic heterocycles. The third-order valence-electron chi connectivity index (χ3n) is 1.93. The van der Waals surface area contributed by atoms with Gasteiger partial charge in [0.05, 0.1) is 0 Å². The summed E-state index contributed by atoms with van der Waals surface area (Å²) in [6.45, 7) is 7.33. The summed E-state index contributed by atoms with van der Waals surface area (Å²) in [5, 5.41) is 3.32. The number of unbranched alkanes of at least 4 members (excludes halogenated alkanes) is 1. The van der Waals surface area contributed by atoms with Gasteiger partial charge in [-0.3, -0.25) is 0 Å². The van der Waals surface area contributed by atoms with E-state index < -0.39 is 0 Å². The van der Waals surface area contributed by atoms with Gasteiger partial charge in [0.2, 0.25) is 0 Å². The van der Waals surface area contributed by atoms with E-state index in [-0.39, 0.29) is 0 Å². The Hall–Kier alpha value is -1.05. The van der Waals surface area contributed by atoms with Gasteiger partial charge in [-0.1, -0.05) is 13.3 Å². The number of hydrogen-bond donors (Lipinski definition) is 1. The highest BCUT2D eigenvalue weighted by molar-refractivity contribution is 5.38. The fraction of sp³-hybridized carbons (Fsp3) is 0.545. The standard InChI is InChI=1S/C11H18N2/c1-4-5-6-12-11-8-9(2)7-10(3)13-11/h7-8H,4-6H2,1-3H3,(H,12,13). The summed E-state index contributed by atoms with van der Waals surface area (Å²) in [5.74, 6) is 1.01. The molecule has 1 N–H and O–H groups in total. The van der Waals surface area contributed by atoms with Crippen LogP contribution in [-0.4, -0.2) is 11.5 Å². The van der Waals surface area contributed by atoms with Gasteiger partial charge in [-0.2, -0.15) is 0 Å². The molecule has 0 aliphatic carbocycles. The first-order valence-electron chi connectivity index (χ1n) is 4.91. The molecule has 0 saturated heterocycles. The average molecular weight is 178 g/mol. The fourth-order valence-corrected chi connectivity index (χ4v) is 1.33. The lowest BCUT2D eigenvalue weighted by Gasteiger charge is -2.06. The summed E-state index contributed by atoms with van der Waals surface area (Å²) >= 11 is 0. The van der Waals surface area contributed by atoms with Crippen molar-refractivity contribution in [1.29, 1.82) is 0 Å². The number of nitrogens with one attached hydrogen (secondary N) is 1. The van der Waals surface area contributed by atoms with Crippen molar-refractivity contribution in [2.24, 2.45) is 0 Å². The second kappa shape index (κ2) is 4.85. The summed E-state index contributed by atoms with van der Waals surface area (Å²) in [5.41, 5.74) is 2.35. The maximum absolute atomic E-state index is 4.39. The highest BCUT2D eigenvalue weighted by atomic mass is 15.0.